The molecule has 1 heterocycles. The molecule has 0 aromatic carbocycles. The van der Waals surface area contributed by atoms with Gasteiger partial charge in [-0.15, -0.1) is 11.3 Å². The van der Waals surface area contributed by atoms with Gasteiger partial charge in [0.05, 0.1) is 24.5 Å². The predicted octanol–water partition coefficient (Wildman–Crippen LogP) is 1.84. The molecular formula is C14H18N2O3S. The quantitative estimate of drug-likeness (QED) is 0.860. The van der Waals surface area contributed by atoms with Crippen LogP contribution in [-0.2, 0) is 19.9 Å². The van der Waals surface area contributed by atoms with Crippen LogP contribution >= 0.6 is 11.3 Å². The first-order chi connectivity index (χ1) is 9.66. The summed E-state index contributed by atoms with van der Waals surface area (Å²) in [6.07, 6.45) is 6.45. The monoisotopic (exact) mass is 294 g/mol. The summed E-state index contributed by atoms with van der Waals surface area (Å²) in [5.74, 6) is -0.785. The number of nitrogens with zero attached hydrogens (tertiary/aromatic N) is 1. The Hall–Kier alpha value is -1.43. The van der Waals surface area contributed by atoms with E-state index >= 15 is 0 Å². The Labute approximate surface area is 121 Å². The number of carbonyl (C=O) groups excluding carboxylic acids is 2. The Bertz CT molecular complexity index is 508. The maximum atomic E-state index is 12.4. The summed E-state index contributed by atoms with van der Waals surface area (Å²) in [5.41, 5.74) is -0.311. The lowest BCUT2D eigenvalue weighted by Crippen LogP contribution is -2.44. The summed E-state index contributed by atoms with van der Waals surface area (Å²) in [5, 5.41) is 6.09. The average Bonchev–Trinajstić information content (AvgIpc) is 2.88. The number of thiazole rings is 1. The molecule has 3 rings (SSSR count). The van der Waals surface area contributed by atoms with Crippen molar-refractivity contribution < 1.29 is 14.3 Å². The van der Waals surface area contributed by atoms with Crippen LogP contribution in [0.25, 0.3) is 0 Å². The van der Waals surface area contributed by atoms with Crippen molar-refractivity contribution in [1.82, 2.24) is 10.3 Å². The molecule has 6 heteroatoms. The van der Waals surface area contributed by atoms with Gasteiger partial charge in [0.25, 0.3) is 0 Å². The first-order valence-electron chi connectivity index (χ1n) is 6.96. The smallest absolute Gasteiger partial charge is 0.309 e. The summed E-state index contributed by atoms with van der Waals surface area (Å²) >= 11 is 1.59. The number of ether oxygens (including phenoxy) is 1. The van der Waals surface area contributed by atoms with Gasteiger partial charge >= 0.3 is 5.97 Å². The molecule has 2 aliphatic rings. The number of carbonyl (C=O) groups is 2. The SMILES string of the molecule is COC(=O)[C@@H]1C[C@H]1C(=O)NC1(c2nccs2)CCCC1. The third-order valence-electron chi connectivity index (χ3n) is 4.29. The fraction of sp³-hybridized carbons (Fsp3) is 0.643. The van der Waals surface area contributed by atoms with E-state index in [1.54, 1.807) is 17.5 Å². The van der Waals surface area contributed by atoms with Crippen LogP contribution in [0.3, 0.4) is 0 Å². The molecule has 0 unspecified atom stereocenters. The molecule has 1 aromatic heterocycles. The molecule has 1 aromatic rings. The third-order valence-corrected chi connectivity index (χ3v) is 5.27. The van der Waals surface area contributed by atoms with Gasteiger partial charge in [0.1, 0.15) is 5.01 Å². The number of hydrogen-bond acceptors (Lipinski definition) is 5. The van der Waals surface area contributed by atoms with Crippen LogP contribution in [0.5, 0.6) is 0 Å². The van der Waals surface area contributed by atoms with Crippen molar-refractivity contribution in [1.29, 1.82) is 0 Å². The standard InChI is InChI=1S/C14H18N2O3S/c1-19-12(18)10-8-9(10)11(17)16-14(4-2-3-5-14)13-15-6-7-20-13/h6-7,9-10H,2-5,8H2,1H3,(H,16,17)/t9-,10-/m1/s1. The fourth-order valence-corrected chi connectivity index (χ4v) is 3.91. The highest BCUT2D eigenvalue weighted by atomic mass is 32.1. The Morgan fingerprint density at radius 3 is 2.75 bits per heavy atom. The lowest BCUT2D eigenvalue weighted by Gasteiger charge is -2.28. The fourth-order valence-electron chi connectivity index (χ4n) is 3.06. The van der Waals surface area contributed by atoms with Crippen molar-refractivity contribution in [2.75, 3.05) is 7.11 Å². The second-order valence-electron chi connectivity index (χ2n) is 5.59. The number of rotatable bonds is 4. The van der Waals surface area contributed by atoms with Gasteiger partial charge < -0.3 is 10.1 Å². The van der Waals surface area contributed by atoms with Crippen molar-refractivity contribution in [2.45, 2.75) is 37.6 Å². The van der Waals surface area contributed by atoms with Crippen LogP contribution in [0.4, 0.5) is 0 Å². The topological polar surface area (TPSA) is 68.3 Å². The first-order valence-corrected chi connectivity index (χ1v) is 7.84. The van der Waals surface area contributed by atoms with E-state index in [0.29, 0.717) is 6.42 Å². The third kappa shape index (κ3) is 2.32. The summed E-state index contributed by atoms with van der Waals surface area (Å²) in [4.78, 5) is 28.2. The van der Waals surface area contributed by atoms with E-state index < -0.39 is 0 Å². The molecule has 0 saturated heterocycles. The van der Waals surface area contributed by atoms with E-state index in [2.05, 4.69) is 10.3 Å². The Balaban J connectivity index is 1.70. The molecule has 0 aliphatic heterocycles. The molecule has 0 radical (unpaired) electrons. The minimum absolute atomic E-state index is 0.0301. The summed E-state index contributed by atoms with van der Waals surface area (Å²) in [6.45, 7) is 0. The Morgan fingerprint density at radius 2 is 2.15 bits per heavy atom. The van der Waals surface area contributed by atoms with E-state index in [1.807, 2.05) is 5.38 Å². The molecule has 2 aliphatic carbocycles. The van der Waals surface area contributed by atoms with Crippen molar-refractivity contribution >= 4 is 23.2 Å². The molecule has 2 fully saturated rings. The highest BCUT2D eigenvalue weighted by molar-refractivity contribution is 7.09. The average molecular weight is 294 g/mol. The van der Waals surface area contributed by atoms with Crippen LogP contribution in [0.15, 0.2) is 11.6 Å². The van der Waals surface area contributed by atoms with Gasteiger partial charge in [-0.1, -0.05) is 12.8 Å². The zero-order valence-electron chi connectivity index (χ0n) is 11.4. The molecule has 1 amide bonds. The van der Waals surface area contributed by atoms with Gasteiger partial charge in [-0.25, -0.2) is 4.98 Å². The van der Waals surface area contributed by atoms with Crippen LogP contribution in [0, 0.1) is 11.8 Å². The minimum atomic E-state index is -0.311. The van der Waals surface area contributed by atoms with Gasteiger partial charge in [-0.05, 0) is 19.3 Å². The molecular weight excluding hydrogens is 276 g/mol. The second-order valence-corrected chi connectivity index (χ2v) is 6.48. The van der Waals surface area contributed by atoms with Crippen LogP contribution in [0.1, 0.15) is 37.1 Å². The summed E-state index contributed by atoms with van der Waals surface area (Å²) in [6, 6.07) is 0. The van der Waals surface area contributed by atoms with E-state index in [9.17, 15) is 9.59 Å². The van der Waals surface area contributed by atoms with Crippen LogP contribution in [0.2, 0.25) is 0 Å². The van der Waals surface area contributed by atoms with E-state index in [0.717, 1.165) is 30.7 Å². The van der Waals surface area contributed by atoms with E-state index in [-0.39, 0.29) is 29.3 Å². The first kappa shape index (κ1) is 13.5. The van der Waals surface area contributed by atoms with E-state index in [1.165, 1.54) is 7.11 Å². The van der Waals surface area contributed by atoms with Crippen molar-refractivity contribution in [3.8, 4) is 0 Å². The predicted molar refractivity (Wildman–Crippen MR) is 74.0 cm³/mol. The van der Waals surface area contributed by atoms with Gasteiger partial charge in [0.15, 0.2) is 0 Å². The maximum Gasteiger partial charge on any atom is 0.309 e. The molecule has 2 atom stereocenters. The molecule has 20 heavy (non-hydrogen) atoms. The molecule has 2 saturated carbocycles. The summed E-state index contributed by atoms with van der Waals surface area (Å²) in [7, 11) is 1.36. The lowest BCUT2D eigenvalue weighted by atomic mass is 9.98. The highest BCUT2D eigenvalue weighted by Crippen LogP contribution is 2.43. The van der Waals surface area contributed by atoms with Gasteiger partial charge in [-0.2, -0.15) is 0 Å². The molecule has 108 valence electrons. The lowest BCUT2D eigenvalue weighted by molar-refractivity contribution is -0.143. The van der Waals surface area contributed by atoms with Gasteiger partial charge in [-0.3, -0.25) is 9.59 Å². The number of methoxy groups -OCH3 is 1. The maximum absolute atomic E-state index is 12.4. The Morgan fingerprint density at radius 1 is 1.40 bits per heavy atom. The second kappa shape index (κ2) is 5.16. The van der Waals surface area contributed by atoms with Crippen LogP contribution in [-0.4, -0.2) is 24.0 Å². The molecule has 0 bridgehead atoms. The van der Waals surface area contributed by atoms with Gasteiger partial charge in [0, 0.05) is 11.6 Å². The molecule has 1 N–H and O–H groups in total. The number of amides is 1. The zero-order valence-corrected chi connectivity index (χ0v) is 12.2. The molecule has 5 nitrogen and oxygen atoms in total. The Kier molecular flexibility index (Phi) is 3.50. The minimum Gasteiger partial charge on any atom is -0.469 e. The largest absolute Gasteiger partial charge is 0.469 e. The van der Waals surface area contributed by atoms with Crippen molar-refractivity contribution in [2.24, 2.45) is 11.8 Å². The van der Waals surface area contributed by atoms with Crippen LogP contribution < -0.4 is 5.32 Å². The van der Waals surface area contributed by atoms with Gasteiger partial charge in [0.2, 0.25) is 5.91 Å². The number of aromatic nitrogens is 1. The summed E-state index contributed by atoms with van der Waals surface area (Å²) < 4.78 is 4.69. The number of hydrogen-bond donors (Lipinski definition) is 1. The number of esters is 1. The normalized spacial score (nSPS) is 27.1. The van der Waals surface area contributed by atoms with Crippen molar-refractivity contribution in [3.63, 3.8) is 0 Å². The number of nitrogens with one attached hydrogen (secondary N) is 1. The highest BCUT2D eigenvalue weighted by Gasteiger charge is 2.51. The zero-order chi connectivity index (χ0) is 14.2. The van der Waals surface area contributed by atoms with E-state index in [4.69, 9.17) is 4.74 Å². The molecule has 0 spiro atoms. The van der Waals surface area contributed by atoms with Crippen molar-refractivity contribution in [3.05, 3.63) is 16.6 Å².